The summed E-state index contributed by atoms with van der Waals surface area (Å²) >= 11 is 0. The number of hydrogen-bond donors (Lipinski definition) is 1. The van der Waals surface area contributed by atoms with Gasteiger partial charge in [0.15, 0.2) is 0 Å². The van der Waals surface area contributed by atoms with E-state index >= 15 is 0 Å². The molecule has 0 aliphatic carbocycles. The summed E-state index contributed by atoms with van der Waals surface area (Å²) in [6.07, 6.45) is 0.0808. The zero-order chi connectivity index (χ0) is 24.2. The van der Waals surface area contributed by atoms with Gasteiger partial charge in [0.2, 0.25) is 0 Å². The first-order chi connectivity index (χ1) is 16.6. The molecule has 3 aromatic carbocycles. The van der Waals surface area contributed by atoms with Crippen LogP contribution < -0.4 is 9.47 Å². The number of benzene rings is 3. The fourth-order valence-electron chi connectivity index (χ4n) is 3.37. The average molecular weight is 459 g/mol. The van der Waals surface area contributed by atoms with Crippen LogP contribution in [-0.2, 0) is 16.2 Å². The first kappa shape index (κ1) is 24.3. The predicted molar refractivity (Wildman–Crippen MR) is 128 cm³/mol. The van der Waals surface area contributed by atoms with Crippen molar-refractivity contribution in [2.24, 2.45) is 5.16 Å². The molecule has 0 aliphatic rings. The maximum atomic E-state index is 11.0. The molecule has 0 amide bonds. The lowest BCUT2D eigenvalue weighted by Gasteiger charge is -2.13. The monoisotopic (exact) mass is 458 g/mol. The summed E-state index contributed by atoms with van der Waals surface area (Å²) in [7, 11) is 1.51. The van der Waals surface area contributed by atoms with Crippen LogP contribution in [0.3, 0.4) is 0 Å². The molecule has 0 fully saturated rings. The van der Waals surface area contributed by atoms with Crippen molar-refractivity contribution in [1.29, 1.82) is 5.26 Å². The van der Waals surface area contributed by atoms with Crippen molar-refractivity contribution in [2.45, 2.75) is 25.4 Å². The van der Waals surface area contributed by atoms with Gasteiger partial charge in [-0.2, -0.15) is 5.26 Å². The number of aliphatic carboxylic acids is 1. The Morgan fingerprint density at radius 2 is 1.62 bits per heavy atom. The number of carboxylic acid groups (broad SMARTS) is 1. The quantitative estimate of drug-likeness (QED) is 0.297. The van der Waals surface area contributed by atoms with Crippen molar-refractivity contribution < 1.29 is 24.2 Å². The number of carbonyl (C=O) groups is 1. The number of oxime groups is 1. The standard InChI is InChI=1S/C27H26N2O5/c1-32-29-26(22-5-3-2-4-6-22)19-34-24-11-7-20(8-12-24)18-33-25-13-9-21(10-14-25)23(15-16-28)17-27(30)31/h2-14,23H,15,17-19H2,1H3,(H,30,31)/b29-26-. The van der Waals surface area contributed by atoms with Gasteiger partial charge in [-0.05, 0) is 35.4 Å². The highest BCUT2D eigenvalue weighted by molar-refractivity contribution is 6.01. The molecule has 7 nitrogen and oxygen atoms in total. The van der Waals surface area contributed by atoms with Crippen molar-refractivity contribution in [3.8, 4) is 17.6 Å². The molecule has 0 bridgehead atoms. The van der Waals surface area contributed by atoms with E-state index in [9.17, 15) is 4.79 Å². The van der Waals surface area contributed by atoms with Crippen LogP contribution in [0.15, 0.2) is 84.0 Å². The summed E-state index contributed by atoms with van der Waals surface area (Å²) in [6, 6.07) is 26.5. The number of ether oxygens (including phenoxy) is 2. The van der Waals surface area contributed by atoms with Gasteiger partial charge in [0.1, 0.15) is 37.5 Å². The lowest BCUT2D eigenvalue weighted by Crippen LogP contribution is -2.13. The first-order valence-electron chi connectivity index (χ1n) is 10.8. The molecule has 0 spiro atoms. The second-order valence-electron chi connectivity index (χ2n) is 7.53. The van der Waals surface area contributed by atoms with Gasteiger partial charge in [-0.25, -0.2) is 0 Å². The third kappa shape index (κ3) is 7.38. The fourth-order valence-corrected chi connectivity index (χ4v) is 3.37. The summed E-state index contributed by atoms with van der Waals surface area (Å²) < 4.78 is 11.7. The summed E-state index contributed by atoms with van der Waals surface area (Å²) in [5, 5.41) is 22.0. The van der Waals surface area contributed by atoms with E-state index in [4.69, 9.17) is 24.7 Å². The number of nitriles is 1. The second kappa shape index (κ2) is 12.7. The predicted octanol–water partition coefficient (Wildman–Crippen LogP) is 5.17. The minimum absolute atomic E-state index is 0.0770. The van der Waals surface area contributed by atoms with E-state index in [-0.39, 0.29) is 25.4 Å². The van der Waals surface area contributed by atoms with E-state index in [1.807, 2.05) is 72.8 Å². The van der Waals surface area contributed by atoms with Crippen LogP contribution in [0, 0.1) is 11.3 Å². The molecule has 0 aromatic heterocycles. The van der Waals surface area contributed by atoms with Crippen LogP contribution >= 0.6 is 0 Å². The van der Waals surface area contributed by atoms with Crippen LogP contribution in [0.25, 0.3) is 0 Å². The molecule has 3 aromatic rings. The number of nitrogens with zero attached hydrogens (tertiary/aromatic N) is 2. The van der Waals surface area contributed by atoms with Gasteiger partial charge in [0, 0.05) is 17.9 Å². The highest BCUT2D eigenvalue weighted by Gasteiger charge is 2.15. The molecule has 1 unspecified atom stereocenters. The third-order valence-electron chi connectivity index (χ3n) is 5.12. The molecule has 3 rings (SSSR count). The van der Waals surface area contributed by atoms with Crippen molar-refractivity contribution in [3.63, 3.8) is 0 Å². The van der Waals surface area contributed by atoms with Gasteiger partial charge < -0.3 is 19.4 Å². The third-order valence-corrected chi connectivity index (χ3v) is 5.12. The van der Waals surface area contributed by atoms with Gasteiger partial charge in [-0.3, -0.25) is 4.79 Å². The fraction of sp³-hybridized carbons (Fsp3) is 0.222. The van der Waals surface area contributed by atoms with Gasteiger partial charge in [0.05, 0.1) is 12.5 Å². The topological polar surface area (TPSA) is 101 Å². The Morgan fingerprint density at radius 1 is 0.971 bits per heavy atom. The van der Waals surface area contributed by atoms with Crippen LogP contribution in [0.1, 0.15) is 35.4 Å². The van der Waals surface area contributed by atoms with Crippen LogP contribution in [0.2, 0.25) is 0 Å². The highest BCUT2D eigenvalue weighted by Crippen LogP contribution is 2.26. The van der Waals surface area contributed by atoms with Crippen molar-refractivity contribution in [3.05, 3.63) is 95.6 Å². The molecule has 0 aliphatic heterocycles. The van der Waals surface area contributed by atoms with Crippen LogP contribution in [-0.4, -0.2) is 30.5 Å². The highest BCUT2D eigenvalue weighted by atomic mass is 16.6. The minimum atomic E-state index is -0.921. The summed E-state index contributed by atoms with van der Waals surface area (Å²) in [4.78, 5) is 16.0. The lowest BCUT2D eigenvalue weighted by atomic mass is 9.93. The molecule has 7 heteroatoms. The van der Waals surface area contributed by atoms with Gasteiger partial charge in [-0.15, -0.1) is 0 Å². The van der Waals surface area contributed by atoms with Crippen molar-refractivity contribution in [1.82, 2.24) is 0 Å². The molecular weight excluding hydrogens is 432 g/mol. The molecule has 0 saturated heterocycles. The summed E-state index contributed by atoms with van der Waals surface area (Å²) in [5.74, 6) is 0.115. The zero-order valence-corrected chi connectivity index (χ0v) is 18.9. The number of hydrogen-bond acceptors (Lipinski definition) is 6. The Labute approximate surface area is 198 Å². The van der Waals surface area contributed by atoms with E-state index in [2.05, 4.69) is 5.16 Å². The van der Waals surface area contributed by atoms with Crippen LogP contribution in [0.5, 0.6) is 11.5 Å². The van der Waals surface area contributed by atoms with E-state index < -0.39 is 5.97 Å². The molecule has 174 valence electrons. The normalized spacial score (nSPS) is 11.8. The Morgan fingerprint density at radius 3 is 2.24 bits per heavy atom. The van der Waals surface area contributed by atoms with Crippen molar-refractivity contribution >= 4 is 11.7 Å². The van der Waals surface area contributed by atoms with E-state index in [1.54, 1.807) is 12.1 Å². The molecule has 0 radical (unpaired) electrons. The van der Waals surface area contributed by atoms with Gasteiger partial charge in [0.25, 0.3) is 0 Å². The molecule has 1 N–H and O–H groups in total. The first-order valence-corrected chi connectivity index (χ1v) is 10.8. The lowest BCUT2D eigenvalue weighted by molar-refractivity contribution is -0.137. The Kier molecular flexibility index (Phi) is 9.06. The number of carboxylic acids is 1. The summed E-state index contributed by atoms with van der Waals surface area (Å²) in [5.41, 5.74) is 3.41. The van der Waals surface area contributed by atoms with Gasteiger partial charge >= 0.3 is 5.97 Å². The average Bonchev–Trinajstić information content (AvgIpc) is 2.86. The number of rotatable bonds is 12. The van der Waals surface area contributed by atoms with E-state index in [1.165, 1.54) is 7.11 Å². The Bertz CT molecular complexity index is 1120. The Hall–Kier alpha value is -4.31. The molecular formula is C27H26N2O5. The minimum Gasteiger partial charge on any atom is -0.489 e. The summed E-state index contributed by atoms with van der Waals surface area (Å²) in [6.45, 7) is 0.644. The molecule has 34 heavy (non-hydrogen) atoms. The van der Waals surface area contributed by atoms with E-state index in [0.29, 0.717) is 23.8 Å². The smallest absolute Gasteiger partial charge is 0.303 e. The second-order valence-corrected chi connectivity index (χ2v) is 7.53. The molecule has 0 saturated carbocycles. The molecule has 0 heterocycles. The zero-order valence-electron chi connectivity index (χ0n) is 18.9. The maximum Gasteiger partial charge on any atom is 0.303 e. The maximum absolute atomic E-state index is 11.0. The van der Waals surface area contributed by atoms with Crippen LogP contribution in [0.4, 0.5) is 0 Å². The van der Waals surface area contributed by atoms with Crippen molar-refractivity contribution in [2.75, 3.05) is 13.7 Å². The van der Waals surface area contributed by atoms with E-state index in [0.717, 1.165) is 16.7 Å². The largest absolute Gasteiger partial charge is 0.489 e. The SMILES string of the molecule is CO/N=C(/COc1ccc(COc2ccc(C(CC#N)CC(=O)O)cc2)cc1)c1ccccc1. The molecule has 1 atom stereocenters. The van der Waals surface area contributed by atoms with Gasteiger partial charge in [-0.1, -0.05) is 59.8 Å². The Balaban J connectivity index is 1.53.